The summed E-state index contributed by atoms with van der Waals surface area (Å²) >= 11 is 0. The lowest BCUT2D eigenvalue weighted by atomic mass is 10.3. The summed E-state index contributed by atoms with van der Waals surface area (Å²) in [6.45, 7) is 6.32. The van der Waals surface area contributed by atoms with Crippen molar-refractivity contribution in [2.75, 3.05) is 37.6 Å². The molecule has 23 heavy (non-hydrogen) atoms. The molecule has 0 fully saturated rings. The number of anilines is 1. The number of hydrogen-bond acceptors (Lipinski definition) is 5. The molecule has 0 saturated carbocycles. The van der Waals surface area contributed by atoms with Gasteiger partial charge in [-0.25, -0.2) is 4.98 Å². The second-order valence-electron chi connectivity index (χ2n) is 5.01. The lowest BCUT2D eigenvalue weighted by Crippen LogP contribution is -2.37. The third-order valence-corrected chi connectivity index (χ3v) is 3.51. The SMILES string of the molecule is CCN(CC)CCN(CCC(F)(F)F)c1ccc([N+](=O)[O-])cn1. The smallest absolute Gasteiger partial charge is 0.355 e. The quantitative estimate of drug-likeness (QED) is 0.513. The van der Waals surface area contributed by atoms with Gasteiger partial charge in [0.1, 0.15) is 12.0 Å². The normalized spacial score (nSPS) is 11.7. The van der Waals surface area contributed by atoms with Crippen molar-refractivity contribution in [2.24, 2.45) is 0 Å². The molecule has 0 radical (unpaired) electrons. The summed E-state index contributed by atoms with van der Waals surface area (Å²) in [5, 5.41) is 10.6. The summed E-state index contributed by atoms with van der Waals surface area (Å²) in [7, 11) is 0. The van der Waals surface area contributed by atoms with Crippen LogP contribution >= 0.6 is 0 Å². The van der Waals surface area contributed by atoms with E-state index >= 15 is 0 Å². The van der Waals surface area contributed by atoms with Gasteiger partial charge >= 0.3 is 6.18 Å². The monoisotopic (exact) mass is 334 g/mol. The Bertz CT molecular complexity index is 490. The lowest BCUT2D eigenvalue weighted by Gasteiger charge is -2.27. The van der Waals surface area contributed by atoms with Gasteiger partial charge in [-0.3, -0.25) is 10.1 Å². The van der Waals surface area contributed by atoms with Gasteiger partial charge in [-0.2, -0.15) is 13.2 Å². The largest absolute Gasteiger partial charge is 0.390 e. The second-order valence-corrected chi connectivity index (χ2v) is 5.01. The van der Waals surface area contributed by atoms with Crippen LogP contribution in [0, 0.1) is 10.1 Å². The van der Waals surface area contributed by atoms with E-state index in [-0.39, 0.29) is 12.2 Å². The predicted molar refractivity (Wildman–Crippen MR) is 81.6 cm³/mol. The van der Waals surface area contributed by atoms with Gasteiger partial charge in [0, 0.05) is 25.7 Å². The Hall–Kier alpha value is -1.90. The molecule has 0 aromatic carbocycles. The minimum Gasteiger partial charge on any atom is -0.355 e. The summed E-state index contributed by atoms with van der Waals surface area (Å²) in [5.41, 5.74) is -0.187. The fourth-order valence-corrected chi connectivity index (χ4v) is 2.08. The zero-order chi connectivity index (χ0) is 17.5. The molecule has 0 N–H and O–H groups in total. The van der Waals surface area contributed by atoms with E-state index in [4.69, 9.17) is 0 Å². The summed E-state index contributed by atoms with van der Waals surface area (Å²) in [5.74, 6) is 0.312. The molecular weight excluding hydrogens is 313 g/mol. The highest BCUT2D eigenvalue weighted by molar-refractivity contribution is 5.42. The van der Waals surface area contributed by atoms with E-state index < -0.39 is 17.5 Å². The van der Waals surface area contributed by atoms with Crippen molar-refractivity contribution in [1.82, 2.24) is 9.88 Å². The average Bonchev–Trinajstić information content (AvgIpc) is 2.50. The van der Waals surface area contributed by atoms with Crippen LogP contribution in [0.15, 0.2) is 18.3 Å². The van der Waals surface area contributed by atoms with Crippen LogP contribution in [0.3, 0.4) is 0 Å². The molecular formula is C14H21F3N4O2. The third-order valence-electron chi connectivity index (χ3n) is 3.51. The van der Waals surface area contributed by atoms with Crippen LogP contribution in [0.2, 0.25) is 0 Å². The molecule has 0 amide bonds. The molecule has 0 saturated heterocycles. The zero-order valence-corrected chi connectivity index (χ0v) is 13.2. The Morgan fingerprint density at radius 2 is 1.83 bits per heavy atom. The van der Waals surface area contributed by atoms with Crippen molar-refractivity contribution in [3.05, 3.63) is 28.4 Å². The van der Waals surface area contributed by atoms with Gasteiger partial charge in [0.15, 0.2) is 0 Å². The molecule has 0 bridgehead atoms. The average molecular weight is 334 g/mol. The molecule has 0 aliphatic carbocycles. The zero-order valence-electron chi connectivity index (χ0n) is 13.2. The number of nitro groups is 1. The van der Waals surface area contributed by atoms with Crippen molar-refractivity contribution in [1.29, 1.82) is 0 Å². The van der Waals surface area contributed by atoms with Crippen LogP contribution < -0.4 is 4.90 Å². The number of alkyl halides is 3. The van der Waals surface area contributed by atoms with Gasteiger partial charge in [0.05, 0.1) is 11.3 Å². The fraction of sp³-hybridized carbons (Fsp3) is 0.643. The maximum absolute atomic E-state index is 12.5. The van der Waals surface area contributed by atoms with E-state index in [1.54, 1.807) is 0 Å². The summed E-state index contributed by atoms with van der Waals surface area (Å²) in [6, 6.07) is 2.64. The molecule has 1 aromatic heterocycles. The summed E-state index contributed by atoms with van der Waals surface area (Å²) in [4.78, 5) is 17.6. The van der Waals surface area contributed by atoms with Gasteiger partial charge in [0.2, 0.25) is 0 Å². The Balaban J connectivity index is 2.82. The lowest BCUT2D eigenvalue weighted by molar-refractivity contribution is -0.385. The number of pyridine rings is 1. The maximum atomic E-state index is 12.5. The Labute approximate surface area is 133 Å². The van der Waals surface area contributed by atoms with E-state index in [1.165, 1.54) is 17.0 Å². The van der Waals surface area contributed by atoms with Gasteiger partial charge in [0.25, 0.3) is 5.69 Å². The highest BCUT2D eigenvalue weighted by atomic mass is 19.4. The van der Waals surface area contributed by atoms with Crippen molar-refractivity contribution < 1.29 is 18.1 Å². The minimum absolute atomic E-state index is 0.187. The van der Waals surface area contributed by atoms with E-state index in [0.717, 1.165) is 19.3 Å². The highest BCUT2D eigenvalue weighted by Crippen LogP contribution is 2.22. The first kappa shape index (κ1) is 19.1. The molecule has 1 heterocycles. The number of likely N-dealkylation sites (N-methyl/N-ethyl adjacent to an activating group) is 1. The van der Waals surface area contributed by atoms with Crippen molar-refractivity contribution >= 4 is 11.5 Å². The van der Waals surface area contributed by atoms with Crippen molar-refractivity contribution in [3.63, 3.8) is 0 Å². The molecule has 0 unspecified atom stereocenters. The topological polar surface area (TPSA) is 62.5 Å². The maximum Gasteiger partial charge on any atom is 0.390 e. The molecule has 6 nitrogen and oxygen atoms in total. The third kappa shape index (κ3) is 6.81. The Morgan fingerprint density at radius 1 is 1.17 bits per heavy atom. The molecule has 9 heteroatoms. The molecule has 0 aliphatic rings. The first-order chi connectivity index (χ1) is 10.8. The number of aromatic nitrogens is 1. The van der Waals surface area contributed by atoms with E-state index in [1.807, 2.05) is 13.8 Å². The number of halogens is 3. The molecule has 1 aromatic rings. The van der Waals surface area contributed by atoms with Crippen LogP contribution in [0.1, 0.15) is 20.3 Å². The molecule has 0 atom stereocenters. The summed E-state index contributed by atoms with van der Waals surface area (Å²) in [6.07, 6.45) is -4.15. The highest BCUT2D eigenvalue weighted by Gasteiger charge is 2.28. The van der Waals surface area contributed by atoms with E-state index in [9.17, 15) is 23.3 Å². The van der Waals surface area contributed by atoms with Crippen LogP contribution in [0.25, 0.3) is 0 Å². The molecule has 130 valence electrons. The van der Waals surface area contributed by atoms with Gasteiger partial charge < -0.3 is 9.80 Å². The van der Waals surface area contributed by atoms with E-state index in [2.05, 4.69) is 9.88 Å². The van der Waals surface area contributed by atoms with Crippen LogP contribution in [0.5, 0.6) is 0 Å². The van der Waals surface area contributed by atoms with Gasteiger partial charge in [-0.15, -0.1) is 0 Å². The van der Waals surface area contributed by atoms with Gasteiger partial charge in [-0.05, 0) is 19.2 Å². The van der Waals surface area contributed by atoms with Crippen molar-refractivity contribution in [3.8, 4) is 0 Å². The van der Waals surface area contributed by atoms with Crippen molar-refractivity contribution in [2.45, 2.75) is 26.4 Å². The number of hydrogen-bond donors (Lipinski definition) is 0. The first-order valence-electron chi connectivity index (χ1n) is 7.41. The first-order valence-corrected chi connectivity index (χ1v) is 7.41. The predicted octanol–water partition coefficient (Wildman–Crippen LogP) is 3.09. The molecule has 0 aliphatic heterocycles. The fourth-order valence-electron chi connectivity index (χ4n) is 2.08. The van der Waals surface area contributed by atoms with Crippen LogP contribution in [-0.4, -0.2) is 53.7 Å². The molecule has 1 rings (SSSR count). The van der Waals surface area contributed by atoms with Crippen LogP contribution in [0.4, 0.5) is 24.7 Å². The Morgan fingerprint density at radius 3 is 2.26 bits per heavy atom. The number of nitrogens with zero attached hydrogens (tertiary/aromatic N) is 4. The molecule has 0 spiro atoms. The second kappa shape index (κ2) is 8.66. The van der Waals surface area contributed by atoms with Gasteiger partial charge in [-0.1, -0.05) is 13.8 Å². The number of rotatable bonds is 9. The standard InChI is InChI=1S/C14H21F3N4O2/c1-3-19(4-2)9-10-20(8-7-14(15,16)17)13-6-5-12(11-18-13)21(22)23/h5-6,11H,3-4,7-10H2,1-2H3. The van der Waals surface area contributed by atoms with Crippen LogP contribution in [-0.2, 0) is 0 Å². The minimum atomic E-state index is -4.26. The van der Waals surface area contributed by atoms with E-state index in [0.29, 0.717) is 18.9 Å². The Kier molecular flexibility index (Phi) is 7.21. The summed E-state index contributed by atoms with van der Waals surface area (Å²) < 4.78 is 37.5.